The lowest BCUT2D eigenvalue weighted by atomic mass is 9.95. The number of hydrogen-bond donors (Lipinski definition) is 2. The minimum Gasteiger partial charge on any atom is -0.341 e. The summed E-state index contributed by atoms with van der Waals surface area (Å²) in [5, 5.41) is 3.33. The van der Waals surface area contributed by atoms with Gasteiger partial charge in [0.05, 0.1) is 0 Å². The fourth-order valence-electron chi connectivity index (χ4n) is 3.27. The Balaban J connectivity index is 2.07. The number of nitrogens with one attached hydrogen (secondary N) is 2. The van der Waals surface area contributed by atoms with Gasteiger partial charge < -0.3 is 10.2 Å². The molecule has 6 nitrogen and oxygen atoms in total. The second-order valence-electron chi connectivity index (χ2n) is 7.35. The predicted molar refractivity (Wildman–Crippen MR) is 103 cm³/mol. The molecule has 1 atom stereocenters. The third-order valence-corrected chi connectivity index (χ3v) is 6.42. The van der Waals surface area contributed by atoms with Crippen molar-refractivity contribution < 1.29 is 17.6 Å². The van der Waals surface area contributed by atoms with Crippen molar-refractivity contribution in [3.8, 4) is 0 Å². The van der Waals surface area contributed by atoms with Crippen molar-refractivity contribution in [3.63, 3.8) is 0 Å². The second kappa shape index (κ2) is 9.61. The van der Waals surface area contributed by atoms with Crippen molar-refractivity contribution in [2.75, 3.05) is 26.2 Å². The van der Waals surface area contributed by atoms with Crippen LogP contribution in [0, 0.1) is 17.7 Å². The fourth-order valence-corrected chi connectivity index (χ4v) is 4.68. The minimum absolute atomic E-state index is 0.244. The van der Waals surface area contributed by atoms with Crippen LogP contribution in [0.2, 0.25) is 0 Å². The molecule has 27 heavy (non-hydrogen) atoms. The van der Waals surface area contributed by atoms with Crippen molar-refractivity contribution in [3.05, 3.63) is 30.1 Å². The third-order valence-electron chi connectivity index (χ3n) is 4.95. The van der Waals surface area contributed by atoms with E-state index in [1.54, 1.807) is 18.7 Å². The first kappa shape index (κ1) is 21.8. The maximum Gasteiger partial charge on any atom is 0.244 e. The first-order valence-electron chi connectivity index (χ1n) is 9.52. The Kier molecular flexibility index (Phi) is 7.76. The van der Waals surface area contributed by atoms with Crippen LogP contribution in [-0.4, -0.2) is 51.4 Å². The van der Waals surface area contributed by atoms with E-state index >= 15 is 0 Å². The highest BCUT2D eigenvalue weighted by atomic mass is 32.2. The normalized spacial score (nSPS) is 17.3. The number of halogens is 1. The summed E-state index contributed by atoms with van der Waals surface area (Å²) in [6.07, 6.45) is 1.78. The summed E-state index contributed by atoms with van der Waals surface area (Å²) in [7, 11) is -4.12. The average molecular weight is 400 g/mol. The maximum atomic E-state index is 13.9. The number of carbonyl (C=O) groups is 1. The Morgan fingerprint density at radius 2 is 1.89 bits per heavy atom. The van der Waals surface area contributed by atoms with Gasteiger partial charge in [-0.2, -0.15) is 4.72 Å². The molecular weight excluding hydrogens is 369 g/mol. The number of sulfonamides is 1. The van der Waals surface area contributed by atoms with Crippen LogP contribution < -0.4 is 10.0 Å². The topological polar surface area (TPSA) is 78.5 Å². The molecule has 1 aromatic rings. The smallest absolute Gasteiger partial charge is 0.244 e. The summed E-state index contributed by atoms with van der Waals surface area (Å²) in [6, 6.07) is 4.26. The molecule has 1 fully saturated rings. The largest absolute Gasteiger partial charge is 0.341 e. The molecule has 0 radical (unpaired) electrons. The van der Waals surface area contributed by atoms with Gasteiger partial charge in [-0.1, -0.05) is 32.9 Å². The molecule has 1 aliphatic rings. The van der Waals surface area contributed by atoms with E-state index in [1.165, 1.54) is 18.2 Å². The zero-order chi connectivity index (χ0) is 20.0. The molecule has 0 bridgehead atoms. The van der Waals surface area contributed by atoms with Crippen LogP contribution in [0.1, 0.15) is 33.6 Å². The first-order valence-corrected chi connectivity index (χ1v) is 11.0. The fraction of sp³-hybridized carbons (Fsp3) is 0.632. The summed E-state index contributed by atoms with van der Waals surface area (Å²) in [4.78, 5) is 14.2. The molecule has 2 N–H and O–H groups in total. The molecular formula is C19H30FN3O3S. The number of amides is 1. The SMILES string of the molecule is CCNCC1CCN(C(=O)C(NS(=O)(=O)c2ccccc2F)C(C)C)CC1. The zero-order valence-corrected chi connectivity index (χ0v) is 17.1. The van der Waals surface area contributed by atoms with Gasteiger partial charge in [0.1, 0.15) is 16.8 Å². The molecule has 1 unspecified atom stereocenters. The van der Waals surface area contributed by atoms with E-state index in [4.69, 9.17) is 0 Å². The van der Waals surface area contributed by atoms with Gasteiger partial charge in [0, 0.05) is 13.1 Å². The van der Waals surface area contributed by atoms with Gasteiger partial charge in [-0.25, -0.2) is 12.8 Å². The van der Waals surface area contributed by atoms with Crippen LogP contribution in [0.15, 0.2) is 29.2 Å². The number of carbonyl (C=O) groups excluding carboxylic acids is 1. The highest BCUT2D eigenvalue weighted by molar-refractivity contribution is 7.89. The predicted octanol–water partition coefficient (Wildman–Crippen LogP) is 1.98. The van der Waals surface area contributed by atoms with Crippen molar-refractivity contribution in [1.29, 1.82) is 0 Å². The lowest BCUT2D eigenvalue weighted by Crippen LogP contribution is -2.53. The summed E-state index contributed by atoms with van der Waals surface area (Å²) in [5.41, 5.74) is 0. The number of benzene rings is 1. The summed E-state index contributed by atoms with van der Waals surface area (Å²) in [6.45, 7) is 8.71. The van der Waals surface area contributed by atoms with Gasteiger partial charge in [0.15, 0.2) is 0 Å². The molecule has 1 heterocycles. The summed E-state index contributed by atoms with van der Waals surface area (Å²) >= 11 is 0. The van der Waals surface area contributed by atoms with Crippen LogP contribution >= 0.6 is 0 Å². The monoisotopic (exact) mass is 399 g/mol. The van der Waals surface area contributed by atoms with Crippen molar-refractivity contribution >= 4 is 15.9 Å². The molecule has 0 saturated carbocycles. The summed E-state index contributed by atoms with van der Waals surface area (Å²) in [5.74, 6) is -0.795. The highest BCUT2D eigenvalue weighted by Gasteiger charge is 2.34. The lowest BCUT2D eigenvalue weighted by Gasteiger charge is -2.35. The van der Waals surface area contributed by atoms with Crippen molar-refractivity contribution in [2.24, 2.45) is 11.8 Å². The second-order valence-corrected chi connectivity index (χ2v) is 9.03. The van der Waals surface area contributed by atoms with E-state index in [0.29, 0.717) is 19.0 Å². The molecule has 1 aliphatic heterocycles. The van der Waals surface area contributed by atoms with Gasteiger partial charge in [-0.15, -0.1) is 0 Å². The Morgan fingerprint density at radius 1 is 1.26 bits per heavy atom. The van der Waals surface area contributed by atoms with E-state index in [9.17, 15) is 17.6 Å². The Labute approximate surface area is 161 Å². The van der Waals surface area contributed by atoms with E-state index in [-0.39, 0.29) is 11.8 Å². The van der Waals surface area contributed by atoms with Gasteiger partial charge in [0.2, 0.25) is 15.9 Å². The van der Waals surface area contributed by atoms with Crippen molar-refractivity contribution in [1.82, 2.24) is 14.9 Å². The molecule has 1 aromatic carbocycles. The molecule has 1 saturated heterocycles. The van der Waals surface area contributed by atoms with Crippen LogP contribution in [0.25, 0.3) is 0 Å². The molecule has 1 amide bonds. The zero-order valence-electron chi connectivity index (χ0n) is 16.2. The van der Waals surface area contributed by atoms with E-state index in [2.05, 4.69) is 17.0 Å². The van der Waals surface area contributed by atoms with Gasteiger partial charge in [0.25, 0.3) is 0 Å². The number of likely N-dealkylation sites (tertiary alicyclic amines) is 1. The number of nitrogens with zero attached hydrogens (tertiary/aromatic N) is 1. The molecule has 2 rings (SSSR count). The maximum absolute atomic E-state index is 13.9. The molecule has 0 aromatic heterocycles. The summed E-state index contributed by atoms with van der Waals surface area (Å²) < 4.78 is 41.5. The number of piperidine rings is 1. The Hall–Kier alpha value is -1.51. The standard InChI is InChI=1S/C19H30FN3O3S/c1-4-21-13-15-9-11-23(12-10-15)19(24)18(14(2)3)22-27(25,26)17-8-6-5-7-16(17)20/h5-8,14-15,18,21-22H,4,9-13H2,1-3H3. The van der Waals surface area contributed by atoms with Crippen LogP contribution in [-0.2, 0) is 14.8 Å². The molecule has 8 heteroatoms. The third kappa shape index (κ3) is 5.73. The van der Waals surface area contributed by atoms with Crippen molar-refractivity contribution in [2.45, 2.75) is 44.6 Å². The van der Waals surface area contributed by atoms with Crippen LogP contribution in [0.5, 0.6) is 0 Å². The van der Waals surface area contributed by atoms with E-state index in [0.717, 1.165) is 32.0 Å². The van der Waals surface area contributed by atoms with E-state index < -0.39 is 26.8 Å². The Bertz CT molecular complexity index is 731. The van der Waals surface area contributed by atoms with Gasteiger partial charge in [-0.3, -0.25) is 4.79 Å². The lowest BCUT2D eigenvalue weighted by molar-refractivity contribution is -0.135. The quantitative estimate of drug-likeness (QED) is 0.701. The molecule has 0 spiro atoms. The van der Waals surface area contributed by atoms with Gasteiger partial charge >= 0.3 is 0 Å². The number of rotatable bonds is 8. The Morgan fingerprint density at radius 3 is 2.44 bits per heavy atom. The average Bonchev–Trinajstić information content (AvgIpc) is 2.64. The minimum atomic E-state index is -4.12. The molecule has 0 aliphatic carbocycles. The first-order chi connectivity index (χ1) is 12.8. The van der Waals surface area contributed by atoms with Gasteiger partial charge in [-0.05, 0) is 49.9 Å². The highest BCUT2D eigenvalue weighted by Crippen LogP contribution is 2.20. The van der Waals surface area contributed by atoms with Crippen LogP contribution in [0.3, 0.4) is 0 Å². The number of hydrogen-bond acceptors (Lipinski definition) is 4. The van der Waals surface area contributed by atoms with Crippen LogP contribution in [0.4, 0.5) is 4.39 Å². The molecule has 152 valence electrons. The van der Waals surface area contributed by atoms with E-state index in [1.807, 2.05) is 0 Å².